The lowest BCUT2D eigenvalue weighted by Gasteiger charge is -2.05. The number of anilines is 1. The van der Waals surface area contributed by atoms with Crippen LogP contribution in [-0.2, 0) is 9.84 Å². The fraction of sp³-hybridized carbons (Fsp3) is 0.500. The van der Waals surface area contributed by atoms with Crippen LogP contribution in [0.3, 0.4) is 0 Å². The van der Waals surface area contributed by atoms with Crippen molar-refractivity contribution in [1.82, 2.24) is 4.98 Å². The van der Waals surface area contributed by atoms with Gasteiger partial charge in [0.05, 0.1) is 11.4 Å². The van der Waals surface area contributed by atoms with Crippen LogP contribution in [0.5, 0.6) is 0 Å². The maximum absolute atomic E-state index is 12.0. The summed E-state index contributed by atoms with van der Waals surface area (Å²) >= 11 is 0. The van der Waals surface area contributed by atoms with Gasteiger partial charge in [0.15, 0.2) is 20.9 Å². The topological polar surface area (TPSA) is 116 Å². The van der Waals surface area contributed by atoms with Gasteiger partial charge >= 0.3 is 5.82 Å². The van der Waals surface area contributed by atoms with Gasteiger partial charge in [0.2, 0.25) is 0 Å². The third-order valence-corrected chi connectivity index (χ3v) is 4.18. The quantitative estimate of drug-likeness (QED) is 0.477. The number of pyridine rings is 1. The molecule has 0 aliphatic heterocycles. The summed E-state index contributed by atoms with van der Waals surface area (Å²) in [5.41, 5.74) is 5.52. The smallest absolute Gasteiger partial charge is 0.382 e. The minimum atomic E-state index is -3.71. The SMILES string of the molecule is CCCCCS(=O)(=O)c1cc(N)cnc1[N+](=O)[O-]. The first-order chi connectivity index (χ1) is 8.38. The van der Waals surface area contributed by atoms with E-state index < -0.39 is 25.5 Å². The Kier molecular flexibility index (Phi) is 4.60. The molecule has 100 valence electrons. The van der Waals surface area contributed by atoms with Crippen LogP contribution in [0.15, 0.2) is 17.2 Å². The molecule has 0 amide bonds. The molecule has 0 radical (unpaired) electrons. The van der Waals surface area contributed by atoms with E-state index in [2.05, 4.69) is 4.98 Å². The average molecular weight is 273 g/mol. The van der Waals surface area contributed by atoms with Crippen molar-refractivity contribution in [2.24, 2.45) is 0 Å². The van der Waals surface area contributed by atoms with Gasteiger partial charge < -0.3 is 15.8 Å². The number of nitro groups is 1. The number of unbranched alkanes of at least 4 members (excludes halogenated alkanes) is 2. The van der Waals surface area contributed by atoms with Crippen LogP contribution in [0.4, 0.5) is 11.5 Å². The first kappa shape index (κ1) is 14.4. The summed E-state index contributed by atoms with van der Waals surface area (Å²) in [6, 6.07) is 1.09. The van der Waals surface area contributed by atoms with E-state index in [-0.39, 0.29) is 11.4 Å². The lowest BCUT2D eigenvalue weighted by Crippen LogP contribution is -2.11. The van der Waals surface area contributed by atoms with Crippen LogP contribution < -0.4 is 5.73 Å². The van der Waals surface area contributed by atoms with Crippen LogP contribution >= 0.6 is 0 Å². The standard InChI is InChI=1S/C10H15N3O4S/c1-2-3-4-5-18(16,17)9-6-8(11)7-12-10(9)13(14)15/h6-7H,2-5,11H2,1H3. The normalized spacial score (nSPS) is 11.4. The van der Waals surface area contributed by atoms with Gasteiger partial charge in [0, 0.05) is 0 Å². The molecule has 8 heteroatoms. The molecular weight excluding hydrogens is 258 g/mol. The highest BCUT2D eigenvalue weighted by atomic mass is 32.2. The summed E-state index contributed by atoms with van der Waals surface area (Å²) in [5, 5.41) is 10.7. The zero-order valence-electron chi connectivity index (χ0n) is 10.00. The maximum Gasteiger partial charge on any atom is 0.382 e. The van der Waals surface area contributed by atoms with Gasteiger partial charge in [-0.2, -0.15) is 0 Å². The summed E-state index contributed by atoms with van der Waals surface area (Å²) in [4.78, 5) is 13.0. The molecule has 0 aliphatic rings. The minimum absolute atomic E-state index is 0.0923. The van der Waals surface area contributed by atoms with Crippen LogP contribution in [-0.4, -0.2) is 24.1 Å². The second kappa shape index (κ2) is 5.76. The summed E-state index contributed by atoms with van der Waals surface area (Å²) in [7, 11) is -3.71. The van der Waals surface area contributed by atoms with Gasteiger partial charge in [-0.25, -0.2) is 8.42 Å². The lowest BCUT2D eigenvalue weighted by atomic mass is 10.3. The predicted molar refractivity (Wildman–Crippen MR) is 66.9 cm³/mol. The maximum atomic E-state index is 12.0. The second-order valence-electron chi connectivity index (χ2n) is 3.87. The first-order valence-corrected chi connectivity index (χ1v) is 7.16. The van der Waals surface area contributed by atoms with Crippen molar-refractivity contribution in [2.75, 3.05) is 11.5 Å². The Labute approximate surface area is 105 Å². The van der Waals surface area contributed by atoms with Crippen LogP contribution in [0, 0.1) is 10.1 Å². The summed E-state index contributed by atoms with van der Waals surface area (Å²) in [6.07, 6.45) is 3.16. The number of rotatable bonds is 6. The Bertz CT molecular complexity index is 542. The van der Waals surface area contributed by atoms with Gasteiger partial charge in [-0.3, -0.25) is 0 Å². The fourth-order valence-corrected chi connectivity index (χ4v) is 3.00. The molecule has 1 rings (SSSR count). The van der Waals surface area contributed by atoms with E-state index in [4.69, 9.17) is 5.73 Å². The van der Waals surface area contributed by atoms with Crippen molar-refractivity contribution in [3.63, 3.8) is 0 Å². The highest BCUT2D eigenvalue weighted by Crippen LogP contribution is 2.24. The van der Waals surface area contributed by atoms with Crippen LogP contribution in [0.1, 0.15) is 26.2 Å². The number of aromatic nitrogens is 1. The van der Waals surface area contributed by atoms with E-state index in [0.717, 1.165) is 25.1 Å². The Hall–Kier alpha value is -1.70. The van der Waals surface area contributed by atoms with Gasteiger partial charge in [0.1, 0.15) is 0 Å². The largest absolute Gasteiger partial charge is 0.396 e. The predicted octanol–water partition coefficient (Wildman–Crippen LogP) is 1.54. The van der Waals surface area contributed by atoms with Crippen LogP contribution in [0.25, 0.3) is 0 Å². The molecule has 1 aromatic rings. The van der Waals surface area contributed by atoms with E-state index in [1.165, 1.54) is 0 Å². The molecule has 7 nitrogen and oxygen atoms in total. The molecule has 0 saturated heterocycles. The summed E-state index contributed by atoms with van der Waals surface area (Å²) in [6.45, 7) is 1.94. The fourth-order valence-electron chi connectivity index (χ4n) is 1.47. The van der Waals surface area contributed by atoms with Crippen molar-refractivity contribution >= 4 is 21.3 Å². The summed E-state index contributed by atoms with van der Waals surface area (Å²) in [5.74, 6) is -0.798. The number of hydrogen-bond acceptors (Lipinski definition) is 6. The molecule has 0 bridgehead atoms. The molecule has 0 aromatic carbocycles. The van der Waals surface area contributed by atoms with Crippen molar-refractivity contribution in [1.29, 1.82) is 0 Å². The molecule has 0 fully saturated rings. The molecule has 1 aromatic heterocycles. The number of hydrogen-bond donors (Lipinski definition) is 1. The molecule has 0 spiro atoms. The van der Waals surface area contributed by atoms with Crippen molar-refractivity contribution in [3.8, 4) is 0 Å². The van der Waals surface area contributed by atoms with E-state index in [0.29, 0.717) is 6.42 Å². The van der Waals surface area contributed by atoms with Gasteiger partial charge in [-0.15, -0.1) is 0 Å². The Balaban J connectivity index is 3.14. The number of sulfone groups is 1. The molecule has 0 saturated carbocycles. The monoisotopic (exact) mass is 273 g/mol. The van der Waals surface area contributed by atoms with Gasteiger partial charge in [0.25, 0.3) is 0 Å². The Morgan fingerprint density at radius 2 is 2.11 bits per heavy atom. The Morgan fingerprint density at radius 3 is 2.67 bits per heavy atom. The highest BCUT2D eigenvalue weighted by molar-refractivity contribution is 7.91. The van der Waals surface area contributed by atoms with Gasteiger partial charge in [-0.1, -0.05) is 19.8 Å². The third-order valence-electron chi connectivity index (χ3n) is 2.38. The first-order valence-electron chi connectivity index (χ1n) is 5.51. The number of nitrogens with two attached hydrogens (primary N) is 1. The molecular formula is C10H15N3O4S. The molecule has 2 N–H and O–H groups in total. The summed E-state index contributed by atoms with van der Waals surface area (Å²) < 4.78 is 24.0. The third kappa shape index (κ3) is 3.39. The van der Waals surface area contributed by atoms with Gasteiger partial charge in [-0.05, 0) is 22.4 Å². The second-order valence-corrected chi connectivity index (χ2v) is 5.95. The molecule has 1 heterocycles. The lowest BCUT2D eigenvalue weighted by molar-refractivity contribution is -0.392. The van der Waals surface area contributed by atoms with Crippen molar-refractivity contribution in [3.05, 3.63) is 22.4 Å². The number of nitrogen functional groups attached to an aromatic ring is 1. The van der Waals surface area contributed by atoms with Crippen molar-refractivity contribution < 1.29 is 13.3 Å². The van der Waals surface area contributed by atoms with E-state index in [1.807, 2.05) is 6.92 Å². The molecule has 0 atom stereocenters. The zero-order chi connectivity index (χ0) is 13.8. The van der Waals surface area contributed by atoms with E-state index in [9.17, 15) is 18.5 Å². The van der Waals surface area contributed by atoms with Crippen LogP contribution in [0.2, 0.25) is 0 Å². The highest BCUT2D eigenvalue weighted by Gasteiger charge is 2.27. The van der Waals surface area contributed by atoms with E-state index in [1.54, 1.807) is 0 Å². The Morgan fingerprint density at radius 1 is 1.44 bits per heavy atom. The minimum Gasteiger partial charge on any atom is -0.396 e. The number of nitrogens with zero attached hydrogens (tertiary/aromatic N) is 2. The molecule has 0 unspecified atom stereocenters. The zero-order valence-corrected chi connectivity index (χ0v) is 10.8. The average Bonchev–Trinajstić information content (AvgIpc) is 2.28. The molecule has 18 heavy (non-hydrogen) atoms. The van der Waals surface area contributed by atoms with Crippen molar-refractivity contribution in [2.45, 2.75) is 31.1 Å². The van der Waals surface area contributed by atoms with E-state index >= 15 is 0 Å². The molecule has 0 aliphatic carbocycles.